The van der Waals surface area contributed by atoms with Crippen LogP contribution in [0, 0.1) is 0 Å². The predicted molar refractivity (Wildman–Crippen MR) is 59.5 cm³/mol. The third-order valence-corrected chi connectivity index (χ3v) is 2.59. The topological polar surface area (TPSA) is 56.2 Å². The summed E-state index contributed by atoms with van der Waals surface area (Å²) in [7, 11) is 0. The molecule has 0 aliphatic carbocycles. The predicted octanol–water partition coefficient (Wildman–Crippen LogP) is 0.464. The van der Waals surface area contributed by atoms with Crippen molar-refractivity contribution in [3.05, 3.63) is 18.0 Å². The van der Waals surface area contributed by atoms with E-state index < -0.39 is 0 Å². The number of carbonyl (C=O) groups excluding carboxylic acids is 1. The van der Waals surface area contributed by atoms with Crippen LogP contribution in [0.3, 0.4) is 0 Å². The van der Waals surface area contributed by atoms with Gasteiger partial charge in [-0.1, -0.05) is 6.92 Å². The molecule has 1 aromatic heterocycles. The molecule has 0 amide bonds. The van der Waals surface area contributed by atoms with Gasteiger partial charge in [-0.05, 0) is 6.42 Å². The average molecular weight is 223 g/mol. The third-order valence-electron chi connectivity index (χ3n) is 2.59. The summed E-state index contributed by atoms with van der Waals surface area (Å²) in [5.41, 5.74) is 0.641. The number of ketones is 1. The van der Waals surface area contributed by atoms with E-state index in [2.05, 4.69) is 17.3 Å². The van der Waals surface area contributed by atoms with Crippen LogP contribution in [0.2, 0.25) is 0 Å². The van der Waals surface area contributed by atoms with Crippen LogP contribution in [-0.4, -0.2) is 41.4 Å². The van der Waals surface area contributed by atoms with E-state index >= 15 is 0 Å². The van der Waals surface area contributed by atoms with Crippen LogP contribution < -0.4 is 5.32 Å². The highest BCUT2D eigenvalue weighted by Gasteiger charge is 2.23. The fraction of sp³-hybridized carbons (Fsp3) is 0.636. The van der Waals surface area contributed by atoms with Gasteiger partial charge in [0.2, 0.25) is 0 Å². The Morgan fingerprint density at radius 2 is 2.62 bits per heavy atom. The zero-order valence-corrected chi connectivity index (χ0v) is 9.48. The Labute approximate surface area is 94.8 Å². The van der Waals surface area contributed by atoms with Gasteiger partial charge in [0.25, 0.3) is 0 Å². The standard InChI is InChI=1S/C11H17N3O2/c1-2-4-14-8-9(6-13-14)11(15)10-7-12-3-5-16-10/h6,8,10,12H,2-5,7H2,1H3. The summed E-state index contributed by atoms with van der Waals surface area (Å²) >= 11 is 0. The molecule has 1 aliphatic rings. The van der Waals surface area contributed by atoms with Crippen LogP contribution in [0.4, 0.5) is 0 Å². The molecule has 2 rings (SSSR count). The molecule has 1 unspecified atom stereocenters. The average Bonchev–Trinajstić information content (AvgIpc) is 2.78. The lowest BCUT2D eigenvalue weighted by molar-refractivity contribution is 0.0269. The number of hydrogen-bond acceptors (Lipinski definition) is 4. The molecule has 1 fully saturated rings. The summed E-state index contributed by atoms with van der Waals surface area (Å²) in [6, 6.07) is 0. The molecule has 5 heteroatoms. The van der Waals surface area contributed by atoms with Crippen LogP contribution in [0.15, 0.2) is 12.4 Å². The number of ether oxygens (including phenoxy) is 1. The van der Waals surface area contributed by atoms with Crippen LogP contribution in [0.1, 0.15) is 23.7 Å². The summed E-state index contributed by atoms with van der Waals surface area (Å²) in [6.45, 7) is 4.94. The summed E-state index contributed by atoms with van der Waals surface area (Å²) in [5, 5.41) is 7.29. The Kier molecular flexibility index (Phi) is 3.69. The summed E-state index contributed by atoms with van der Waals surface area (Å²) in [6.07, 6.45) is 4.07. The number of aryl methyl sites for hydroxylation is 1. The van der Waals surface area contributed by atoms with E-state index in [0.29, 0.717) is 18.7 Å². The SMILES string of the molecule is CCCn1cc(C(=O)C2CNCCO2)cn1. The maximum atomic E-state index is 12.0. The van der Waals surface area contributed by atoms with Crippen LogP contribution >= 0.6 is 0 Å². The van der Waals surface area contributed by atoms with Gasteiger partial charge < -0.3 is 10.1 Å². The fourth-order valence-electron chi connectivity index (χ4n) is 1.76. The van der Waals surface area contributed by atoms with E-state index in [9.17, 15) is 4.79 Å². The molecule has 0 aromatic carbocycles. The lowest BCUT2D eigenvalue weighted by Gasteiger charge is -2.21. The first-order chi connectivity index (χ1) is 7.81. The van der Waals surface area contributed by atoms with Crippen molar-refractivity contribution in [2.24, 2.45) is 0 Å². The highest BCUT2D eigenvalue weighted by Crippen LogP contribution is 2.07. The first kappa shape index (κ1) is 11.3. The lowest BCUT2D eigenvalue weighted by Crippen LogP contribution is -2.43. The summed E-state index contributed by atoms with van der Waals surface area (Å²) in [5.74, 6) is 0.0227. The highest BCUT2D eigenvalue weighted by molar-refractivity contribution is 5.99. The van der Waals surface area contributed by atoms with Gasteiger partial charge in [0, 0.05) is 25.8 Å². The second-order valence-corrected chi connectivity index (χ2v) is 3.92. The molecule has 1 aromatic rings. The number of rotatable bonds is 4. The minimum Gasteiger partial charge on any atom is -0.367 e. The zero-order chi connectivity index (χ0) is 11.4. The number of nitrogens with one attached hydrogen (secondary N) is 1. The fourth-order valence-corrected chi connectivity index (χ4v) is 1.76. The molecule has 2 heterocycles. The molecule has 1 atom stereocenters. The summed E-state index contributed by atoms with van der Waals surface area (Å²) in [4.78, 5) is 12.0. The molecule has 0 radical (unpaired) electrons. The van der Waals surface area contributed by atoms with Gasteiger partial charge in [-0.3, -0.25) is 9.48 Å². The van der Waals surface area contributed by atoms with Crippen LogP contribution in [0.5, 0.6) is 0 Å². The van der Waals surface area contributed by atoms with Gasteiger partial charge in [0.05, 0.1) is 18.4 Å². The number of carbonyl (C=O) groups is 1. The van der Waals surface area contributed by atoms with E-state index in [1.807, 2.05) is 0 Å². The van der Waals surface area contributed by atoms with Gasteiger partial charge in [0.1, 0.15) is 6.10 Å². The Morgan fingerprint density at radius 1 is 1.75 bits per heavy atom. The highest BCUT2D eigenvalue weighted by atomic mass is 16.5. The largest absolute Gasteiger partial charge is 0.367 e. The number of morpholine rings is 1. The molecule has 0 spiro atoms. The number of aromatic nitrogens is 2. The molecule has 88 valence electrons. The van der Waals surface area contributed by atoms with Gasteiger partial charge in [0.15, 0.2) is 5.78 Å². The van der Waals surface area contributed by atoms with Crippen molar-refractivity contribution in [3.63, 3.8) is 0 Å². The van der Waals surface area contributed by atoms with E-state index in [4.69, 9.17) is 4.74 Å². The molecule has 16 heavy (non-hydrogen) atoms. The van der Waals surface area contributed by atoms with Crippen molar-refractivity contribution in [2.75, 3.05) is 19.7 Å². The number of nitrogens with zero attached hydrogens (tertiary/aromatic N) is 2. The van der Waals surface area contributed by atoms with Crippen molar-refractivity contribution >= 4 is 5.78 Å². The van der Waals surface area contributed by atoms with Crippen LogP contribution in [-0.2, 0) is 11.3 Å². The third kappa shape index (κ3) is 2.48. The molecule has 0 saturated carbocycles. The monoisotopic (exact) mass is 223 g/mol. The van der Waals surface area contributed by atoms with E-state index in [1.54, 1.807) is 17.1 Å². The van der Waals surface area contributed by atoms with Gasteiger partial charge >= 0.3 is 0 Å². The zero-order valence-electron chi connectivity index (χ0n) is 9.48. The quantitative estimate of drug-likeness (QED) is 0.754. The summed E-state index contributed by atoms with van der Waals surface area (Å²) < 4.78 is 7.21. The maximum Gasteiger partial charge on any atom is 0.196 e. The molecule has 5 nitrogen and oxygen atoms in total. The van der Waals surface area contributed by atoms with E-state index in [1.165, 1.54) is 0 Å². The first-order valence-electron chi connectivity index (χ1n) is 5.70. The van der Waals surface area contributed by atoms with Crippen molar-refractivity contribution in [1.29, 1.82) is 0 Å². The molecule has 0 bridgehead atoms. The second-order valence-electron chi connectivity index (χ2n) is 3.92. The molecule has 1 N–H and O–H groups in total. The molecular formula is C11H17N3O2. The van der Waals surface area contributed by atoms with Crippen molar-refractivity contribution in [2.45, 2.75) is 26.0 Å². The molecular weight excluding hydrogens is 206 g/mol. The van der Waals surface area contributed by atoms with Crippen LogP contribution in [0.25, 0.3) is 0 Å². The smallest absolute Gasteiger partial charge is 0.196 e. The van der Waals surface area contributed by atoms with Gasteiger partial charge in [-0.2, -0.15) is 5.10 Å². The minimum absolute atomic E-state index is 0.0227. The van der Waals surface area contributed by atoms with E-state index in [0.717, 1.165) is 19.5 Å². The van der Waals surface area contributed by atoms with Crippen molar-refractivity contribution in [3.8, 4) is 0 Å². The van der Waals surface area contributed by atoms with Gasteiger partial charge in [-0.15, -0.1) is 0 Å². The van der Waals surface area contributed by atoms with Crippen molar-refractivity contribution < 1.29 is 9.53 Å². The number of hydrogen-bond donors (Lipinski definition) is 1. The van der Waals surface area contributed by atoms with Crippen molar-refractivity contribution in [1.82, 2.24) is 15.1 Å². The molecule has 1 saturated heterocycles. The van der Waals surface area contributed by atoms with Gasteiger partial charge in [-0.25, -0.2) is 0 Å². The first-order valence-corrected chi connectivity index (χ1v) is 5.70. The Bertz CT molecular complexity index is 356. The Morgan fingerprint density at radius 3 is 3.31 bits per heavy atom. The molecule has 1 aliphatic heterocycles. The Balaban J connectivity index is 2.01. The second kappa shape index (κ2) is 5.23. The minimum atomic E-state index is -0.354. The maximum absolute atomic E-state index is 12.0. The normalized spacial score (nSPS) is 20.9. The number of Topliss-reactive ketones (excluding diaryl/α,β-unsaturated/α-hetero) is 1. The Hall–Kier alpha value is -1.20. The lowest BCUT2D eigenvalue weighted by atomic mass is 10.1. The van der Waals surface area contributed by atoms with E-state index in [-0.39, 0.29) is 11.9 Å².